The Bertz CT molecular complexity index is 1730. The molecule has 6 heterocycles. The van der Waals surface area contributed by atoms with Gasteiger partial charge in [-0.1, -0.05) is 26.8 Å². The number of hydrogen-bond acceptors (Lipinski definition) is 7. The highest BCUT2D eigenvalue weighted by atomic mass is 32.1. The predicted molar refractivity (Wildman–Crippen MR) is 141 cm³/mol. The van der Waals surface area contributed by atoms with E-state index in [1.54, 1.807) is 29.9 Å². The molecule has 0 saturated heterocycles. The van der Waals surface area contributed by atoms with Gasteiger partial charge in [0.15, 0.2) is 17.2 Å². The number of H-pyrrole nitrogens is 2. The second-order valence-corrected chi connectivity index (χ2v) is 10.4. The van der Waals surface area contributed by atoms with Crippen LogP contribution in [0.5, 0.6) is 0 Å². The maximum atomic E-state index is 12.4. The Labute approximate surface area is 210 Å². The topological polar surface area (TPSA) is 125 Å². The van der Waals surface area contributed by atoms with Gasteiger partial charge in [-0.25, -0.2) is 15.0 Å². The third-order valence-electron chi connectivity index (χ3n) is 5.78. The second kappa shape index (κ2) is 8.35. The molecule has 0 aliphatic carbocycles. The van der Waals surface area contributed by atoms with Gasteiger partial charge in [-0.2, -0.15) is 5.10 Å². The number of hydrogen-bond donors (Lipinski definition) is 3. The van der Waals surface area contributed by atoms with Crippen molar-refractivity contribution in [3.8, 4) is 33.2 Å². The van der Waals surface area contributed by atoms with Gasteiger partial charge >= 0.3 is 0 Å². The average Bonchev–Trinajstić information content (AvgIpc) is 3.62. The molecule has 0 atom stereocenters. The Morgan fingerprint density at radius 3 is 2.78 bits per heavy atom. The SMILES string of the molecule is CC(C)(C)C(=O)Nc1cncc(-c2ccc3[nH]nc(-c4nc5nccc(-c6cccs6)c5[nH]4)c3n2)c1. The van der Waals surface area contributed by atoms with Crippen LogP contribution in [0.2, 0.25) is 0 Å². The molecule has 0 saturated carbocycles. The van der Waals surface area contributed by atoms with Gasteiger partial charge < -0.3 is 10.3 Å². The molecular formula is C26H22N8OS. The van der Waals surface area contributed by atoms with Crippen molar-refractivity contribution in [1.82, 2.24) is 35.1 Å². The standard InChI is InChI=1S/C26H22N8OS/c1-26(2,3)25(35)29-15-11-14(12-27-13-15)17-6-7-18-21(30-17)22(34-33-18)24-31-20-16(19-5-4-10-36-19)8-9-28-23(20)32-24/h4-13H,1-3H3,(H,29,35)(H,33,34)(H,28,31,32). The molecule has 0 fully saturated rings. The molecule has 6 rings (SSSR count). The third kappa shape index (κ3) is 3.91. The maximum Gasteiger partial charge on any atom is 0.229 e. The van der Waals surface area contributed by atoms with Crippen molar-refractivity contribution < 1.29 is 4.79 Å². The highest BCUT2D eigenvalue weighted by Gasteiger charge is 2.22. The molecule has 178 valence electrons. The van der Waals surface area contributed by atoms with Crippen molar-refractivity contribution in [2.24, 2.45) is 5.41 Å². The summed E-state index contributed by atoms with van der Waals surface area (Å²) in [5, 5.41) is 12.5. The van der Waals surface area contributed by atoms with Crippen LogP contribution in [0.15, 0.2) is 60.4 Å². The van der Waals surface area contributed by atoms with Gasteiger partial charge in [0.05, 0.1) is 28.6 Å². The average molecular weight is 495 g/mol. The molecular weight excluding hydrogens is 472 g/mol. The van der Waals surface area contributed by atoms with Crippen molar-refractivity contribution in [3.63, 3.8) is 0 Å². The number of aromatic nitrogens is 7. The Balaban J connectivity index is 1.40. The van der Waals surface area contributed by atoms with Crippen LogP contribution in [-0.4, -0.2) is 41.0 Å². The second-order valence-electron chi connectivity index (χ2n) is 9.45. The zero-order valence-electron chi connectivity index (χ0n) is 19.8. The molecule has 6 aromatic heterocycles. The summed E-state index contributed by atoms with van der Waals surface area (Å²) in [5.41, 5.74) is 6.17. The normalized spacial score (nSPS) is 11.9. The third-order valence-corrected chi connectivity index (χ3v) is 6.69. The molecule has 9 nitrogen and oxygen atoms in total. The smallest absolute Gasteiger partial charge is 0.229 e. The Hall–Kier alpha value is -4.44. The van der Waals surface area contributed by atoms with E-state index >= 15 is 0 Å². The van der Waals surface area contributed by atoms with E-state index in [2.05, 4.69) is 36.5 Å². The molecule has 0 spiro atoms. The molecule has 0 aromatic carbocycles. The number of fused-ring (bicyclic) bond motifs is 2. The van der Waals surface area contributed by atoms with Crippen LogP contribution in [0.3, 0.4) is 0 Å². The summed E-state index contributed by atoms with van der Waals surface area (Å²) in [5.74, 6) is 0.504. The number of nitrogens with zero attached hydrogens (tertiary/aromatic N) is 5. The van der Waals surface area contributed by atoms with Gasteiger partial charge in [-0.3, -0.25) is 14.9 Å². The van der Waals surface area contributed by atoms with E-state index in [-0.39, 0.29) is 5.91 Å². The molecule has 0 aliphatic rings. The largest absolute Gasteiger partial charge is 0.335 e. The summed E-state index contributed by atoms with van der Waals surface area (Å²) in [4.78, 5) is 35.3. The number of nitrogens with one attached hydrogen (secondary N) is 3. The number of carbonyl (C=O) groups excluding carboxylic acids is 1. The van der Waals surface area contributed by atoms with E-state index in [1.807, 2.05) is 56.5 Å². The molecule has 0 radical (unpaired) electrons. The fraction of sp³-hybridized carbons (Fsp3) is 0.154. The Morgan fingerprint density at radius 2 is 1.97 bits per heavy atom. The summed E-state index contributed by atoms with van der Waals surface area (Å²) in [7, 11) is 0. The van der Waals surface area contributed by atoms with Crippen molar-refractivity contribution in [1.29, 1.82) is 0 Å². The summed E-state index contributed by atoms with van der Waals surface area (Å²) >= 11 is 1.66. The maximum absolute atomic E-state index is 12.4. The summed E-state index contributed by atoms with van der Waals surface area (Å²) < 4.78 is 0. The molecule has 0 aliphatic heterocycles. The van der Waals surface area contributed by atoms with Crippen molar-refractivity contribution >= 4 is 45.1 Å². The highest BCUT2D eigenvalue weighted by Crippen LogP contribution is 2.33. The molecule has 3 N–H and O–H groups in total. The quantitative estimate of drug-likeness (QED) is 0.290. The van der Waals surface area contributed by atoms with Gasteiger partial charge in [0, 0.05) is 33.8 Å². The lowest BCUT2D eigenvalue weighted by Gasteiger charge is -2.17. The summed E-state index contributed by atoms with van der Waals surface area (Å²) in [6, 6.07) is 11.8. The Morgan fingerprint density at radius 1 is 1.08 bits per heavy atom. The molecule has 6 aromatic rings. The number of aromatic amines is 2. The van der Waals surface area contributed by atoms with Gasteiger partial charge in [0.25, 0.3) is 0 Å². The lowest BCUT2D eigenvalue weighted by Crippen LogP contribution is -2.27. The first-order chi connectivity index (χ1) is 17.4. The predicted octanol–water partition coefficient (Wildman–Crippen LogP) is 5.67. The minimum atomic E-state index is -0.510. The van der Waals surface area contributed by atoms with Crippen LogP contribution in [0.1, 0.15) is 20.8 Å². The number of anilines is 1. The lowest BCUT2D eigenvalue weighted by atomic mass is 9.95. The van der Waals surface area contributed by atoms with Crippen LogP contribution in [-0.2, 0) is 4.79 Å². The van der Waals surface area contributed by atoms with Crippen LogP contribution in [0.4, 0.5) is 5.69 Å². The monoisotopic (exact) mass is 494 g/mol. The number of amides is 1. The van der Waals surface area contributed by atoms with Crippen molar-refractivity contribution in [3.05, 3.63) is 60.4 Å². The Kier molecular flexibility index (Phi) is 5.11. The minimum Gasteiger partial charge on any atom is -0.335 e. The first-order valence-corrected chi connectivity index (χ1v) is 12.3. The van der Waals surface area contributed by atoms with Gasteiger partial charge in [0.2, 0.25) is 5.91 Å². The van der Waals surface area contributed by atoms with E-state index in [4.69, 9.17) is 9.97 Å². The van der Waals surface area contributed by atoms with Crippen molar-refractivity contribution in [2.45, 2.75) is 20.8 Å². The molecule has 0 unspecified atom stereocenters. The van der Waals surface area contributed by atoms with E-state index in [1.165, 1.54) is 0 Å². The number of carbonyl (C=O) groups is 1. The zero-order valence-corrected chi connectivity index (χ0v) is 20.6. The van der Waals surface area contributed by atoms with Gasteiger partial charge in [0.1, 0.15) is 5.52 Å². The molecule has 1 amide bonds. The highest BCUT2D eigenvalue weighted by molar-refractivity contribution is 7.13. The molecule has 0 bridgehead atoms. The van der Waals surface area contributed by atoms with Crippen LogP contribution < -0.4 is 5.32 Å². The number of thiophene rings is 1. The van der Waals surface area contributed by atoms with E-state index < -0.39 is 5.41 Å². The fourth-order valence-electron chi connectivity index (χ4n) is 3.85. The number of pyridine rings is 3. The van der Waals surface area contributed by atoms with Crippen molar-refractivity contribution in [2.75, 3.05) is 5.32 Å². The van der Waals surface area contributed by atoms with Crippen LogP contribution >= 0.6 is 11.3 Å². The summed E-state index contributed by atoms with van der Waals surface area (Å²) in [6.45, 7) is 5.60. The molecule has 10 heteroatoms. The van der Waals surface area contributed by atoms with Crippen LogP contribution in [0, 0.1) is 5.41 Å². The number of imidazole rings is 1. The summed E-state index contributed by atoms with van der Waals surface area (Å²) in [6.07, 6.45) is 5.11. The fourth-order valence-corrected chi connectivity index (χ4v) is 4.61. The van der Waals surface area contributed by atoms with Gasteiger partial charge in [-0.05, 0) is 35.7 Å². The lowest BCUT2D eigenvalue weighted by molar-refractivity contribution is -0.123. The van der Waals surface area contributed by atoms with E-state index in [0.717, 1.165) is 27.0 Å². The van der Waals surface area contributed by atoms with E-state index in [9.17, 15) is 4.79 Å². The van der Waals surface area contributed by atoms with E-state index in [0.29, 0.717) is 34.1 Å². The minimum absolute atomic E-state index is 0.0811. The number of rotatable bonds is 4. The first-order valence-electron chi connectivity index (χ1n) is 11.4. The first kappa shape index (κ1) is 22.1. The van der Waals surface area contributed by atoms with Gasteiger partial charge in [-0.15, -0.1) is 11.3 Å². The van der Waals surface area contributed by atoms with Crippen LogP contribution in [0.25, 0.3) is 55.4 Å². The molecule has 36 heavy (non-hydrogen) atoms. The zero-order chi connectivity index (χ0) is 24.9.